The van der Waals surface area contributed by atoms with E-state index in [1.807, 2.05) is 0 Å². The maximum atomic E-state index is 13.7. The lowest BCUT2D eigenvalue weighted by molar-refractivity contribution is 0.0716. The minimum atomic E-state index is -0.596. The van der Waals surface area contributed by atoms with E-state index in [1.54, 1.807) is 4.90 Å². The van der Waals surface area contributed by atoms with Crippen molar-refractivity contribution >= 4 is 5.91 Å². The van der Waals surface area contributed by atoms with E-state index in [0.29, 0.717) is 25.4 Å². The summed E-state index contributed by atoms with van der Waals surface area (Å²) in [4.78, 5) is 22.3. The van der Waals surface area contributed by atoms with Gasteiger partial charge in [-0.15, -0.1) is 0 Å². The number of hydrogen-bond acceptors (Lipinski definition) is 4. The number of halogens is 1. The molecule has 2 aromatic heterocycles. The van der Waals surface area contributed by atoms with Gasteiger partial charge in [0, 0.05) is 25.6 Å². The largest absolute Gasteiger partial charge is 0.445 e. The molecule has 0 radical (unpaired) electrons. The summed E-state index contributed by atoms with van der Waals surface area (Å²) in [5.74, 6) is 1.15. The molecule has 0 bridgehead atoms. The van der Waals surface area contributed by atoms with Crippen LogP contribution in [0.1, 0.15) is 48.1 Å². The van der Waals surface area contributed by atoms with E-state index in [2.05, 4.69) is 23.8 Å². The van der Waals surface area contributed by atoms with E-state index in [0.717, 1.165) is 30.2 Å². The first-order chi connectivity index (χ1) is 11.0. The molecule has 23 heavy (non-hydrogen) atoms. The van der Waals surface area contributed by atoms with Gasteiger partial charge in [0.1, 0.15) is 11.5 Å². The average molecular weight is 317 g/mol. The summed E-state index contributed by atoms with van der Waals surface area (Å²) in [7, 11) is 0. The lowest BCUT2D eigenvalue weighted by Crippen LogP contribution is -2.36. The molecule has 0 saturated carbocycles. The van der Waals surface area contributed by atoms with Crippen molar-refractivity contribution in [1.29, 1.82) is 0 Å². The zero-order chi connectivity index (χ0) is 16.4. The van der Waals surface area contributed by atoms with Gasteiger partial charge in [-0.2, -0.15) is 0 Å². The van der Waals surface area contributed by atoms with E-state index in [4.69, 9.17) is 4.42 Å². The summed E-state index contributed by atoms with van der Waals surface area (Å²) in [6.07, 6.45) is 3.84. The van der Waals surface area contributed by atoms with Crippen molar-refractivity contribution in [3.05, 3.63) is 47.2 Å². The molecule has 0 aliphatic carbocycles. The number of hydrogen-bond donors (Lipinski definition) is 0. The van der Waals surface area contributed by atoms with E-state index in [1.165, 1.54) is 18.3 Å². The molecule has 6 heteroatoms. The Kier molecular flexibility index (Phi) is 4.41. The van der Waals surface area contributed by atoms with Crippen LogP contribution in [-0.4, -0.2) is 27.3 Å². The van der Waals surface area contributed by atoms with Crippen molar-refractivity contribution in [1.82, 2.24) is 14.9 Å². The number of oxazole rings is 1. The van der Waals surface area contributed by atoms with Crippen molar-refractivity contribution < 1.29 is 13.6 Å². The van der Waals surface area contributed by atoms with E-state index in [9.17, 15) is 9.18 Å². The van der Waals surface area contributed by atoms with Crippen molar-refractivity contribution in [2.75, 3.05) is 6.54 Å². The number of carbonyl (C=O) groups is 1. The summed E-state index contributed by atoms with van der Waals surface area (Å²) in [6.45, 7) is 5.14. The summed E-state index contributed by atoms with van der Waals surface area (Å²) < 4.78 is 19.5. The second-order valence-corrected chi connectivity index (χ2v) is 6.22. The SMILES string of the molecule is CC(C)CCc1nc2c(o1)CCN(C(=O)c1ncccc1F)C2. The molecular weight excluding hydrogens is 297 g/mol. The third-order valence-corrected chi connectivity index (χ3v) is 3.96. The molecule has 3 heterocycles. The Morgan fingerprint density at radius 2 is 2.30 bits per heavy atom. The fourth-order valence-electron chi connectivity index (χ4n) is 2.64. The zero-order valence-electron chi connectivity index (χ0n) is 13.4. The van der Waals surface area contributed by atoms with Crippen LogP contribution in [0.3, 0.4) is 0 Å². The first-order valence-electron chi connectivity index (χ1n) is 7.92. The van der Waals surface area contributed by atoms with Gasteiger partial charge in [-0.3, -0.25) is 4.79 Å². The van der Waals surface area contributed by atoms with Gasteiger partial charge < -0.3 is 9.32 Å². The molecule has 1 aliphatic heterocycles. The lowest BCUT2D eigenvalue weighted by Gasteiger charge is -2.25. The van der Waals surface area contributed by atoms with Crippen LogP contribution >= 0.6 is 0 Å². The topological polar surface area (TPSA) is 59.2 Å². The second kappa shape index (κ2) is 6.48. The third kappa shape index (κ3) is 3.41. The van der Waals surface area contributed by atoms with Gasteiger partial charge in [0.15, 0.2) is 17.4 Å². The number of amides is 1. The standard InChI is InChI=1S/C17H20FN3O2/c1-11(2)5-6-15-20-13-10-21(9-7-14(13)23-15)17(22)16-12(18)4-3-8-19-16/h3-4,8,11H,5-7,9-10H2,1-2H3. The number of aromatic nitrogens is 2. The molecule has 0 saturated heterocycles. The number of aryl methyl sites for hydroxylation is 1. The predicted octanol–water partition coefficient (Wildman–Crippen LogP) is 3.00. The van der Waals surface area contributed by atoms with Crippen LogP contribution in [0.15, 0.2) is 22.7 Å². The third-order valence-electron chi connectivity index (χ3n) is 3.96. The Balaban J connectivity index is 1.72. The Hall–Kier alpha value is -2.24. The molecular formula is C17H20FN3O2. The van der Waals surface area contributed by atoms with E-state index in [-0.39, 0.29) is 5.69 Å². The van der Waals surface area contributed by atoms with Crippen LogP contribution in [0.25, 0.3) is 0 Å². The highest BCUT2D eigenvalue weighted by atomic mass is 19.1. The fourth-order valence-corrected chi connectivity index (χ4v) is 2.64. The maximum Gasteiger partial charge on any atom is 0.275 e. The van der Waals surface area contributed by atoms with Gasteiger partial charge in [-0.1, -0.05) is 13.8 Å². The van der Waals surface area contributed by atoms with Crippen molar-refractivity contribution in [3.8, 4) is 0 Å². The minimum Gasteiger partial charge on any atom is -0.445 e. The van der Waals surface area contributed by atoms with Crippen LogP contribution < -0.4 is 0 Å². The molecule has 0 fully saturated rings. The zero-order valence-corrected chi connectivity index (χ0v) is 13.4. The predicted molar refractivity (Wildman–Crippen MR) is 82.3 cm³/mol. The molecule has 0 N–H and O–H groups in total. The van der Waals surface area contributed by atoms with Crippen LogP contribution in [0.2, 0.25) is 0 Å². The number of nitrogens with zero attached hydrogens (tertiary/aromatic N) is 3. The average Bonchev–Trinajstić information content (AvgIpc) is 2.94. The Labute approximate surface area is 134 Å². The maximum absolute atomic E-state index is 13.7. The molecule has 0 atom stereocenters. The fraction of sp³-hybridized carbons (Fsp3) is 0.471. The molecule has 0 unspecified atom stereocenters. The molecule has 0 spiro atoms. The Bertz CT molecular complexity index is 712. The first kappa shape index (κ1) is 15.6. The van der Waals surface area contributed by atoms with Crippen LogP contribution in [0, 0.1) is 11.7 Å². The van der Waals surface area contributed by atoms with Crippen LogP contribution in [0.4, 0.5) is 4.39 Å². The van der Waals surface area contributed by atoms with Gasteiger partial charge >= 0.3 is 0 Å². The summed E-state index contributed by atoms with van der Waals surface area (Å²) in [5, 5.41) is 0. The number of carbonyl (C=O) groups excluding carboxylic acids is 1. The molecule has 1 aliphatic rings. The Morgan fingerprint density at radius 1 is 1.48 bits per heavy atom. The number of pyridine rings is 1. The van der Waals surface area contributed by atoms with Crippen LogP contribution in [-0.2, 0) is 19.4 Å². The lowest BCUT2D eigenvalue weighted by atomic mass is 10.1. The van der Waals surface area contributed by atoms with Crippen molar-refractivity contribution in [3.63, 3.8) is 0 Å². The normalized spacial score (nSPS) is 14.2. The van der Waals surface area contributed by atoms with Gasteiger partial charge in [0.2, 0.25) is 0 Å². The highest BCUT2D eigenvalue weighted by molar-refractivity contribution is 5.92. The van der Waals surface area contributed by atoms with Crippen LogP contribution in [0.5, 0.6) is 0 Å². The monoisotopic (exact) mass is 317 g/mol. The highest BCUT2D eigenvalue weighted by Crippen LogP contribution is 2.22. The van der Waals surface area contributed by atoms with Crippen molar-refractivity contribution in [2.45, 2.75) is 39.7 Å². The second-order valence-electron chi connectivity index (χ2n) is 6.22. The van der Waals surface area contributed by atoms with Gasteiger partial charge in [-0.05, 0) is 24.5 Å². The van der Waals surface area contributed by atoms with Crippen molar-refractivity contribution in [2.24, 2.45) is 5.92 Å². The summed E-state index contributed by atoms with van der Waals surface area (Å²) >= 11 is 0. The first-order valence-corrected chi connectivity index (χ1v) is 7.92. The van der Waals surface area contributed by atoms with E-state index < -0.39 is 11.7 Å². The summed E-state index contributed by atoms with van der Waals surface area (Å²) in [5.41, 5.74) is 0.638. The number of rotatable bonds is 4. The quantitative estimate of drug-likeness (QED) is 0.870. The molecule has 0 aromatic carbocycles. The van der Waals surface area contributed by atoms with Gasteiger partial charge in [0.25, 0.3) is 5.91 Å². The summed E-state index contributed by atoms with van der Waals surface area (Å²) in [6, 6.07) is 2.72. The smallest absolute Gasteiger partial charge is 0.275 e. The van der Waals surface area contributed by atoms with E-state index >= 15 is 0 Å². The highest BCUT2D eigenvalue weighted by Gasteiger charge is 2.28. The molecule has 1 amide bonds. The van der Waals surface area contributed by atoms with Gasteiger partial charge in [-0.25, -0.2) is 14.4 Å². The molecule has 5 nitrogen and oxygen atoms in total. The molecule has 122 valence electrons. The number of fused-ring (bicyclic) bond motifs is 1. The minimum absolute atomic E-state index is 0.139. The van der Waals surface area contributed by atoms with Gasteiger partial charge in [0.05, 0.1) is 6.54 Å². The molecule has 3 rings (SSSR count). The Morgan fingerprint density at radius 3 is 3.04 bits per heavy atom. The molecule has 2 aromatic rings.